The van der Waals surface area contributed by atoms with E-state index in [1.807, 2.05) is 0 Å². The van der Waals surface area contributed by atoms with E-state index in [4.69, 9.17) is 4.74 Å². The molecule has 124 valence electrons. The summed E-state index contributed by atoms with van der Waals surface area (Å²) in [5.74, 6) is 0. The summed E-state index contributed by atoms with van der Waals surface area (Å²) in [4.78, 5) is 2.44. The van der Waals surface area contributed by atoms with Crippen molar-refractivity contribution in [1.82, 2.24) is 4.90 Å². The first kappa shape index (κ1) is 16.4. The molecule has 1 saturated heterocycles. The second-order valence-electron chi connectivity index (χ2n) is 7.49. The fourth-order valence-electron chi connectivity index (χ4n) is 3.70. The molecular formula is C20H27NO2. The van der Waals surface area contributed by atoms with Crippen LogP contribution in [0, 0.1) is 5.41 Å². The first-order valence-corrected chi connectivity index (χ1v) is 8.35. The smallest absolute Gasteiger partial charge is 0.0954 e. The maximum Gasteiger partial charge on any atom is 0.0954 e. The molecule has 1 aliphatic rings. The largest absolute Gasteiger partial charge is 0.387 e. The van der Waals surface area contributed by atoms with E-state index in [0.717, 1.165) is 26.1 Å². The molecule has 0 amide bonds. The molecule has 3 nitrogen and oxygen atoms in total. The van der Waals surface area contributed by atoms with Crippen molar-refractivity contribution in [2.75, 3.05) is 26.8 Å². The maximum absolute atomic E-state index is 10.9. The number of methoxy groups -OCH3 is 1. The summed E-state index contributed by atoms with van der Waals surface area (Å²) < 4.78 is 5.25. The van der Waals surface area contributed by atoms with Crippen LogP contribution in [-0.2, 0) is 11.3 Å². The Morgan fingerprint density at radius 1 is 1.13 bits per heavy atom. The number of piperidine rings is 1. The fourth-order valence-corrected chi connectivity index (χ4v) is 3.70. The molecule has 0 saturated carbocycles. The molecule has 0 aliphatic carbocycles. The number of likely N-dealkylation sites (tertiary alicyclic amines) is 1. The quantitative estimate of drug-likeness (QED) is 0.938. The Morgan fingerprint density at radius 2 is 1.87 bits per heavy atom. The van der Waals surface area contributed by atoms with Gasteiger partial charge in [0.25, 0.3) is 0 Å². The normalized spacial score (nSPS) is 24.9. The van der Waals surface area contributed by atoms with E-state index in [0.29, 0.717) is 6.61 Å². The predicted octanol–water partition coefficient (Wildman–Crippen LogP) is 3.45. The second-order valence-corrected chi connectivity index (χ2v) is 7.49. The molecule has 2 aromatic carbocycles. The minimum atomic E-state index is -0.734. The van der Waals surface area contributed by atoms with Crippen LogP contribution in [0.3, 0.4) is 0 Å². The molecule has 1 aliphatic heterocycles. The van der Waals surface area contributed by atoms with E-state index in [1.54, 1.807) is 7.11 Å². The van der Waals surface area contributed by atoms with Gasteiger partial charge in [-0.2, -0.15) is 0 Å². The fraction of sp³-hybridized carbons (Fsp3) is 0.500. The Bertz CT molecular complexity index is 682. The van der Waals surface area contributed by atoms with Gasteiger partial charge in [-0.1, -0.05) is 50.2 Å². The van der Waals surface area contributed by atoms with E-state index < -0.39 is 5.60 Å². The lowest BCUT2D eigenvalue weighted by molar-refractivity contribution is -0.151. The second kappa shape index (κ2) is 6.23. The standard InChI is InChI=1S/C20H27NO2/c1-19(2)14-21(11-10-20(19,22)15-23-3)13-16-8-9-17-6-4-5-7-18(17)12-16/h4-9,12,22H,10-11,13-15H2,1-3H3. The lowest BCUT2D eigenvalue weighted by Gasteiger charge is -2.50. The van der Waals surface area contributed by atoms with Crippen LogP contribution in [0.25, 0.3) is 10.8 Å². The summed E-state index contributed by atoms with van der Waals surface area (Å²) in [5.41, 5.74) is 0.413. The SMILES string of the molecule is COCC1(O)CCN(Cc2ccc3ccccc3c2)CC1(C)C. The number of aliphatic hydroxyl groups is 1. The Kier molecular flexibility index (Phi) is 4.45. The van der Waals surface area contributed by atoms with E-state index >= 15 is 0 Å². The summed E-state index contributed by atoms with van der Waals surface area (Å²) >= 11 is 0. The summed E-state index contributed by atoms with van der Waals surface area (Å²) in [7, 11) is 1.66. The molecular weight excluding hydrogens is 286 g/mol. The third kappa shape index (κ3) is 3.27. The third-order valence-corrected chi connectivity index (χ3v) is 5.32. The van der Waals surface area contributed by atoms with Crippen LogP contribution in [0.1, 0.15) is 25.8 Å². The zero-order chi connectivity index (χ0) is 16.5. The minimum Gasteiger partial charge on any atom is -0.387 e. The van der Waals surface area contributed by atoms with Gasteiger partial charge in [0.1, 0.15) is 0 Å². The van der Waals surface area contributed by atoms with Gasteiger partial charge in [-0.25, -0.2) is 0 Å². The number of nitrogens with zero attached hydrogens (tertiary/aromatic N) is 1. The number of ether oxygens (including phenoxy) is 1. The summed E-state index contributed by atoms with van der Waals surface area (Å²) in [6, 6.07) is 15.2. The van der Waals surface area contributed by atoms with Crippen molar-refractivity contribution < 1.29 is 9.84 Å². The van der Waals surface area contributed by atoms with Crippen LogP contribution in [0.2, 0.25) is 0 Å². The first-order valence-electron chi connectivity index (χ1n) is 8.35. The third-order valence-electron chi connectivity index (χ3n) is 5.32. The highest BCUT2D eigenvalue weighted by Gasteiger charge is 2.47. The van der Waals surface area contributed by atoms with Gasteiger partial charge < -0.3 is 9.84 Å². The van der Waals surface area contributed by atoms with E-state index in [9.17, 15) is 5.11 Å². The number of fused-ring (bicyclic) bond motifs is 1. The highest BCUT2D eigenvalue weighted by molar-refractivity contribution is 5.82. The highest BCUT2D eigenvalue weighted by atomic mass is 16.5. The summed E-state index contributed by atoms with van der Waals surface area (Å²) in [6.45, 7) is 7.38. The number of benzene rings is 2. The summed E-state index contributed by atoms with van der Waals surface area (Å²) in [5, 5.41) is 13.4. The van der Waals surface area contributed by atoms with Gasteiger partial charge in [-0.3, -0.25) is 4.90 Å². The van der Waals surface area contributed by atoms with Crippen LogP contribution in [0.15, 0.2) is 42.5 Å². The molecule has 0 spiro atoms. The highest BCUT2D eigenvalue weighted by Crippen LogP contribution is 2.39. The molecule has 2 aromatic rings. The van der Waals surface area contributed by atoms with E-state index in [-0.39, 0.29) is 5.41 Å². The lowest BCUT2D eigenvalue weighted by atomic mass is 9.70. The number of hydrogen-bond donors (Lipinski definition) is 1. The molecule has 3 heteroatoms. The van der Waals surface area contributed by atoms with Crippen LogP contribution in [-0.4, -0.2) is 42.4 Å². The topological polar surface area (TPSA) is 32.7 Å². The average molecular weight is 313 g/mol. The van der Waals surface area contributed by atoms with Crippen molar-refractivity contribution in [1.29, 1.82) is 0 Å². The van der Waals surface area contributed by atoms with Crippen molar-refractivity contribution >= 4 is 10.8 Å². The van der Waals surface area contributed by atoms with Crippen LogP contribution in [0.5, 0.6) is 0 Å². The monoisotopic (exact) mass is 313 g/mol. The predicted molar refractivity (Wildman–Crippen MR) is 94.4 cm³/mol. The molecule has 0 bridgehead atoms. The van der Waals surface area contributed by atoms with Crippen molar-refractivity contribution in [3.63, 3.8) is 0 Å². The molecule has 0 radical (unpaired) electrons. The molecule has 1 heterocycles. The summed E-state index contributed by atoms with van der Waals surface area (Å²) in [6.07, 6.45) is 0.751. The Morgan fingerprint density at radius 3 is 2.57 bits per heavy atom. The Balaban J connectivity index is 1.73. The lowest BCUT2D eigenvalue weighted by Crippen LogP contribution is -2.59. The van der Waals surface area contributed by atoms with E-state index in [2.05, 4.69) is 61.2 Å². The zero-order valence-corrected chi connectivity index (χ0v) is 14.4. The molecule has 1 fully saturated rings. The number of rotatable bonds is 4. The molecule has 1 unspecified atom stereocenters. The maximum atomic E-state index is 10.9. The minimum absolute atomic E-state index is 0.182. The van der Waals surface area contributed by atoms with Crippen molar-refractivity contribution in [2.45, 2.75) is 32.4 Å². The molecule has 3 rings (SSSR count). The Labute approximate surface area is 138 Å². The molecule has 0 aromatic heterocycles. The van der Waals surface area contributed by atoms with Gasteiger partial charge in [-0.15, -0.1) is 0 Å². The Hall–Kier alpha value is -1.42. The van der Waals surface area contributed by atoms with E-state index in [1.165, 1.54) is 16.3 Å². The van der Waals surface area contributed by atoms with Gasteiger partial charge in [0.05, 0.1) is 12.2 Å². The van der Waals surface area contributed by atoms with Crippen molar-refractivity contribution in [2.24, 2.45) is 5.41 Å². The first-order chi connectivity index (χ1) is 10.9. The molecule has 1 atom stereocenters. The number of hydrogen-bond acceptors (Lipinski definition) is 3. The van der Waals surface area contributed by atoms with Crippen LogP contribution in [0.4, 0.5) is 0 Å². The van der Waals surface area contributed by atoms with Crippen LogP contribution < -0.4 is 0 Å². The van der Waals surface area contributed by atoms with Gasteiger partial charge >= 0.3 is 0 Å². The van der Waals surface area contributed by atoms with Crippen molar-refractivity contribution in [3.8, 4) is 0 Å². The van der Waals surface area contributed by atoms with Gasteiger partial charge in [-0.05, 0) is 28.8 Å². The zero-order valence-electron chi connectivity index (χ0n) is 14.4. The van der Waals surface area contributed by atoms with Gasteiger partial charge in [0.15, 0.2) is 0 Å². The van der Waals surface area contributed by atoms with Crippen LogP contribution >= 0.6 is 0 Å². The molecule has 1 N–H and O–H groups in total. The molecule has 23 heavy (non-hydrogen) atoms. The average Bonchev–Trinajstić information content (AvgIpc) is 2.51. The van der Waals surface area contributed by atoms with Gasteiger partial charge in [0.2, 0.25) is 0 Å². The van der Waals surface area contributed by atoms with Crippen molar-refractivity contribution in [3.05, 3.63) is 48.0 Å². The van der Waals surface area contributed by atoms with Gasteiger partial charge in [0, 0.05) is 32.2 Å².